The van der Waals surface area contributed by atoms with E-state index < -0.39 is 0 Å². The summed E-state index contributed by atoms with van der Waals surface area (Å²) in [5.41, 5.74) is 4.08. The number of aryl methyl sites for hydroxylation is 2. The van der Waals surface area contributed by atoms with Crippen LogP contribution in [0.25, 0.3) is 0 Å². The highest BCUT2D eigenvalue weighted by Gasteiger charge is 2.22. The SMILES string of the molecule is Cc1nn(C)cc1CN1CCN(C(=O)c2ccc(COc3ccccc3Br)cc2)CC1. The number of halogens is 1. The van der Waals surface area contributed by atoms with Gasteiger partial charge >= 0.3 is 0 Å². The molecule has 2 aromatic carbocycles. The van der Waals surface area contributed by atoms with Gasteiger partial charge in [0.1, 0.15) is 12.4 Å². The average molecular weight is 483 g/mol. The van der Waals surface area contributed by atoms with E-state index in [0.29, 0.717) is 6.61 Å². The fourth-order valence-corrected chi connectivity index (χ4v) is 4.20. The molecule has 1 aromatic heterocycles. The third kappa shape index (κ3) is 5.35. The zero-order valence-corrected chi connectivity index (χ0v) is 19.5. The van der Waals surface area contributed by atoms with E-state index in [4.69, 9.17) is 4.74 Å². The summed E-state index contributed by atoms with van der Waals surface area (Å²) in [4.78, 5) is 17.2. The Morgan fingerprint density at radius 1 is 1.06 bits per heavy atom. The molecular formula is C24H27BrN4O2. The first-order chi connectivity index (χ1) is 15.0. The minimum Gasteiger partial charge on any atom is -0.488 e. The largest absolute Gasteiger partial charge is 0.488 e. The molecule has 0 unspecified atom stereocenters. The highest BCUT2D eigenvalue weighted by Crippen LogP contribution is 2.24. The van der Waals surface area contributed by atoms with Gasteiger partial charge in [0.15, 0.2) is 0 Å². The number of hydrogen-bond acceptors (Lipinski definition) is 4. The van der Waals surface area contributed by atoms with E-state index in [9.17, 15) is 4.79 Å². The Balaban J connectivity index is 1.28. The van der Waals surface area contributed by atoms with Gasteiger partial charge in [-0.15, -0.1) is 0 Å². The van der Waals surface area contributed by atoms with Gasteiger partial charge in [-0.1, -0.05) is 24.3 Å². The Morgan fingerprint density at radius 3 is 2.42 bits per heavy atom. The maximum absolute atomic E-state index is 12.9. The molecule has 4 rings (SSSR count). The monoisotopic (exact) mass is 482 g/mol. The lowest BCUT2D eigenvalue weighted by atomic mass is 10.1. The van der Waals surface area contributed by atoms with E-state index in [1.165, 1.54) is 5.56 Å². The third-order valence-electron chi connectivity index (χ3n) is 5.60. The molecule has 1 aliphatic heterocycles. The summed E-state index contributed by atoms with van der Waals surface area (Å²) in [6.07, 6.45) is 2.08. The normalized spacial score (nSPS) is 14.6. The van der Waals surface area contributed by atoms with E-state index in [2.05, 4.69) is 32.1 Å². The molecule has 1 amide bonds. The number of benzene rings is 2. The van der Waals surface area contributed by atoms with Crippen molar-refractivity contribution < 1.29 is 9.53 Å². The fraction of sp³-hybridized carbons (Fsp3) is 0.333. The second-order valence-corrected chi connectivity index (χ2v) is 8.75. The highest BCUT2D eigenvalue weighted by atomic mass is 79.9. The van der Waals surface area contributed by atoms with Crippen LogP contribution in [-0.2, 0) is 20.2 Å². The lowest BCUT2D eigenvalue weighted by molar-refractivity contribution is 0.0628. The summed E-state index contributed by atoms with van der Waals surface area (Å²) in [6, 6.07) is 15.5. The minimum absolute atomic E-state index is 0.0930. The predicted octanol–water partition coefficient (Wildman–Crippen LogP) is 4.03. The van der Waals surface area contributed by atoms with Gasteiger partial charge in [0, 0.05) is 57.1 Å². The summed E-state index contributed by atoms with van der Waals surface area (Å²) in [5.74, 6) is 0.900. The van der Waals surface area contributed by atoms with Crippen molar-refractivity contribution in [3.05, 3.63) is 81.6 Å². The van der Waals surface area contributed by atoms with Crippen LogP contribution in [0.2, 0.25) is 0 Å². The van der Waals surface area contributed by atoms with Crippen molar-refractivity contribution in [1.29, 1.82) is 0 Å². The number of carbonyl (C=O) groups is 1. The van der Waals surface area contributed by atoms with E-state index in [1.807, 2.05) is 72.1 Å². The molecular weight excluding hydrogens is 456 g/mol. The van der Waals surface area contributed by atoms with Crippen LogP contribution < -0.4 is 4.74 Å². The zero-order chi connectivity index (χ0) is 21.8. The molecule has 31 heavy (non-hydrogen) atoms. The summed E-state index contributed by atoms with van der Waals surface area (Å²) in [7, 11) is 1.95. The van der Waals surface area contributed by atoms with Gasteiger partial charge in [0.25, 0.3) is 5.91 Å². The number of piperazine rings is 1. The number of amides is 1. The Kier molecular flexibility index (Phi) is 6.73. The van der Waals surface area contributed by atoms with Gasteiger partial charge in [-0.2, -0.15) is 5.10 Å². The van der Waals surface area contributed by atoms with Crippen molar-refractivity contribution in [2.24, 2.45) is 7.05 Å². The molecule has 7 heteroatoms. The smallest absolute Gasteiger partial charge is 0.253 e. The number of carbonyl (C=O) groups excluding carboxylic acids is 1. The lowest BCUT2D eigenvalue weighted by Gasteiger charge is -2.34. The van der Waals surface area contributed by atoms with Crippen LogP contribution in [0, 0.1) is 6.92 Å². The van der Waals surface area contributed by atoms with Crippen LogP contribution in [0.15, 0.2) is 59.2 Å². The molecule has 0 atom stereocenters. The molecule has 1 fully saturated rings. The second kappa shape index (κ2) is 9.66. The Hall–Kier alpha value is -2.64. The van der Waals surface area contributed by atoms with Gasteiger partial charge in [0.2, 0.25) is 0 Å². The number of aromatic nitrogens is 2. The molecule has 0 radical (unpaired) electrons. The topological polar surface area (TPSA) is 50.6 Å². The lowest BCUT2D eigenvalue weighted by Crippen LogP contribution is -2.48. The first kappa shape index (κ1) is 21.6. The molecule has 0 saturated carbocycles. The molecule has 0 bridgehead atoms. The number of nitrogens with zero attached hydrogens (tertiary/aromatic N) is 4. The second-order valence-electron chi connectivity index (χ2n) is 7.90. The van der Waals surface area contributed by atoms with Crippen molar-refractivity contribution in [2.45, 2.75) is 20.1 Å². The first-order valence-electron chi connectivity index (χ1n) is 10.5. The maximum Gasteiger partial charge on any atom is 0.253 e. The van der Waals surface area contributed by atoms with Crippen LogP contribution in [0.5, 0.6) is 5.75 Å². The molecule has 2 heterocycles. The first-order valence-corrected chi connectivity index (χ1v) is 11.3. The number of hydrogen-bond donors (Lipinski definition) is 0. The standard InChI is InChI=1S/C24H27BrN4O2/c1-18-21(15-27(2)26-18)16-28-11-13-29(14-12-28)24(30)20-9-7-19(8-10-20)17-31-23-6-4-3-5-22(23)25/h3-10,15H,11-14,16-17H2,1-2H3. The maximum atomic E-state index is 12.9. The Labute approximate surface area is 191 Å². The Morgan fingerprint density at radius 2 is 1.77 bits per heavy atom. The zero-order valence-electron chi connectivity index (χ0n) is 17.9. The van der Waals surface area contributed by atoms with Crippen LogP contribution in [0.4, 0.5) is 0 Å². The fourth-order valence-electron chi connectivity index (χ4n) is 3.80. The predicted molar refractivity (Wildman–Crippen MR) is 124 cm³/mol. The molecule has 0 spiro atoms. The van der Waals surface area contributed by atoms with Crippen molar-refractivity contribution >= 4 is 21.8 Å². The summed E-state index contributed by atoms with van der Waals surface area (Å²) >= 11 is 3.49. The Bertz CT molecular complexity index is 1040. The molecule has 0 aliphatic carbocycles. The van der Waals surface area contributed by atoms with Crippen molar-refractivity contribution in [2.75, 3.05) is 26.2 Å². The van der Waals surface area contributed by atoms with Gasteiger partial charge in [-0.3, -0.25) is 14.4 Å². The van der Waals surface area contributed by atoms with Crippen molar-refractivity contribution in [3.8, 4) is 5.75 Å². The van der Waals surface area contributed by atoms with Gasteiger partial charge in [-0.05, 0) is 52.7 Å². The van der Waals surface area contributed by atoms with Crippen LogP contribution in [0.3, 0.4) is 0 Å². The van der Waals surface area contributed by atoms with Crippen molar-refractivity contribution in [3.63, 3.8) is 0 Å². The molecule has 0 N–H and O–H groups in total. The third-order valence-corrected chi connectivity index (χ3v) is 6.26. The van der Waals surface area contributed by atoms with Crippen LogP contribution in [0.1, 0.15) is 27.2 Å². The summed E-state index contributed by atoms with van der Waals surface area (Å²) in [5, 5.41) is 4.42. The van der Waals surface area contributed by atoms with Crippen LogP contribution in [-0.4, -0.2) is 51.7 Å². The highest BCUT2D eigenvalue weighted by molar-refractivity contribution is 9.10. The van der Waals surface area contributed by atoms with E-state index >= 15 is 0 Å². The number of ether oxygens (including phenoxy) is 1. The number of para-hydroxylation sites is 1. The molecule has 1 saturated heterocycles. The van der Waals surface area contributed by atoms with Gasteiger partial charge < -0.3 is 9.64 Å². The van der Waals surface area contributed by atoms with Gasteiger partial charge in [0.05, 0.1) is 10.2 Å². The van der Waals surface area contributed by atoms with Crippen molar-refractivity contribution in [1.82, 2.24) is 19.6 Å². The molecule has 162 valence electrons. The molecule has 1 aliphatic rings. The van der Waals surface area contributed by atoms with E-state index in [0.717, 1.165) is 59.8 Å². The van der Waals surface area contributed by atoms with E-state index in [1.54, 1.807) is 0 Å². The van der Waals surface area contributed by atoms with Crippen LogP contribution >= 0.6 is 15.9 Å². The molecule has 6 nitrogen and oxygen atoms in total. The minimum atomic E-state index is 0.0930. The quantitative estimate of drug-likeness (QED) is 0.532. The summed E-state index contributed by atoms with van der Waals surface area (Å²) < 4.78 is 8.65. The summed E-state index contributed by atoms with van der Waals surface area (Å²) in [6.45, 7) is 6.62. The average Bonchev–Trinajstić information content (AvgIpc) is 3.10. The van der Waals surface area contributed by atoms with E-state index in [-0.39, 0.29) is 5.91 Å². The number of rotatable bonds is 6. The molecule has 3 aromatic rings. The van der Waals surface area contributed by atoms with Gasteiger partial charge in [-0.25, -0.2) is 0 Å².